The first-order chi connectivity index (χ1) is 12.2. The number of fused-ring (bicyclic) bond motifs is 2. The highest BCUT2D eigenvalue weighted by atomic mass is 16.5. The third kappa shape index (κ3) is 2.98. The van der Waals surface area contributed by atoms with Gasteiger partial charge in [-0.15, -0.1) is 0 Å². The van der Waals surface area contributed by atoms with Crippen LogP contribution >= 0.6 is 0 Å². The number of anilines is 1. The van der Waals surface area contributed by atoms with E-state index in [4.69, 9.17) is 4.74 Å². The molecule has 2 amide bonds. The number of aryl methyl sites for hydroxylation is 1. The van der Waals surface area contributed by atoms with Crippen LogP contribution < -0.4 is 15.4 Å². The highest BCUT2D eigenvalue weighted by Crippen LogP contribution is 2.28. The third-order valence-electron chi connectivity index (χ3n) is 4.35. The van der Waals surface area contributed by atoms with Crippen LogP contribution in [0.25, 0.3) is 10.8 Å². The van der Waals surface area contributed by atoms with E-state index in [-0.39, 0.29) is 12.1 Å². The number of nitrogens with zero attached hydrogens (tertiary/aromatic N) is 4. The summed E-state index contributed by atoms with van der Waals surface area (Å²) >= 11 is 0. The summed E-state index contributed by atoms with van der Waals surface area (Å²) in [5, 5.41) is 11.8. The molecule has 0 radical (unpaired) electrons. The molecule has 0 aliphatic carbocycles. The van der Waals surface area contributed by atoms with Gasteiger partial charge in [-0.2, -0.15) is 5.10 Å². The molecule has 0 saturated heterocycles. The maximum atomic E-state index is 12.4. The molecule has 128 valence electrons. The van der Waals surface area contributed by atoms with Crippen molar-refractivity contribution in [2.45, 2.75) is 25.4 Å². The van der Waals surface area contributed by atoms with Gasteiger partial charge in [-0.1, -0.05) is 6.07 Å². The van der Waals surface area contributed by atoms with Gasteiger partial charge in [0.2, 0.25) is 5.88 Å². The Morgan fingerprint density at radius 3 is 3.08 bits per heavy atom. The molecule has 0 spiro atoms. The average Bonchev–Trinajstić information content (AvgIpc) is 3.09. The van der Waals surface area contributed by atoms with Crippen molar-refractivity contribution < 1.29 is 9.53 Å². The quantitative estimate of drug-likeness (QED) is 0.761. The van der Waals surface area contributed by atoms with Crippen molar-refractivity contribution in [1.82, 2.24) is 25.1 Å². The van der Waals surface area contributed by atoms with E-state index in [9.17, 15) is 4.79 Å². The van der Waals surface area contributed by atoms with E-state index in [0.29, 0.717) is 18.1 Å². The zero-order chi connectivity index (χ0) is 17.2. The van der Waals surface area contributed by atoms with Gasteiger partial charge >= 0.3 is 6.03 Å². The van der Waals surface area contributed by atoms with E-state index in [0.717, 1.165) is 29.4 Å². The molecule has 1 aliphatic heterocycles. The van der Waals surface area contributed by atoms with E-state index in [1.165, 1.54) is 0 Å². The number of pyridine rings is 1. The molecule has 1 aromatic carbocycles. The second kappa shape index (κ2) is 6.39. The van der Waals surface area contributed by atoms with Crippen molar-refractivity contribution >= 4 is 22.5 Å². The van der Waals surface area contributed by atoms with Crippen molar-refractivity contribution in [3.63, 3.8) is 0 Å². The predicted molar refractivity (Wildman–Crippen MR) is 92.6 cm³/mol. The van der Waals surface area contributed by atoms with Gasteiger partial charge in [-0.05, 0) is 24.6 Å². The van der Waals surface area contributed by atoms with Crippen LogP contribution in [-0.2, 0) is 13.0 Å². The lowest BCUT2D eigenvalue weighted by Gasteiger charge is -2.23. The molecule has 0 fully saturated rings. The number of methoxy groups -OCH3 is 1. The van der Waals surface area contributed by atoms with Gasteiger partial charge < -0.3 is 15.4 Å². The Hall–Kier alpha value is -3.16. The maximum Gasteiger partial charge on any atom is 0.319 e. The van der Waals surface area contributed by atoms with Crippen molar-refractivity contribution in [1.29, 1.82) is 0 Å². The Labute approximate surface area is 144 Å². The van der Waals surface area contributed by atoms with Gasteiger partial charge in [0.1, 0.15) is 12.2 Å². The summed E-state index contributed by atoms with van der Waals surface area (Å²) in [5.41, 5.74) is 0.716. The summed E-state index contributed by atoms with van der Waals surface area (Å²) < 4.78 is 7.12. The number of hydrogen-bond donors (Lipinski definition) is 2. The summed E-state index contributed by atoms with van der Waals surface area (Å²) in [5.74, 6) is 1.50. The summed E-state index contributed by atoms with van der Waals surface area (Å²) in [6.45, 7) is 0.635. The lowest BCUT2D eigenvalue weighted by Crippen LogP contribution is -2.43. The van der Waals surface area contributed by atoms with Crippen LogP contribution in [0, 0.1) is 0 Å². The highest BCUT2D eigenvalue weighted by Gasteiger charge is 2.21. The Morgan fingerprint density at radius 2 is 2.20 bits per heavy atom. The number of carbonyl (C=O) groups excluding carboxylic acids is 1. The number of ether oxygens (including phenoxy) is 1. The second-order valence-electron chi connectivity index (χ2n) is 5.91. The van der Waals surface area contributed by atoms with E-state index < -0.39 is 0 Å². The van der Waals surface area contributed by atoms with E-state index >= 15 is 0 Å². The van der Waals surface area contributed by atoms with Gasteiger partial charge in [0, 0.05) is 23.4 Å². The largest absolute Gasteiger partial charge is 0.481 e. The number of aromatic nitrogens is 4. The van der Waals surface area contributed by atoms with Crippen molar-refractivity contribution in [2.75, 3.05) is 12.4 Å². The lowest BCUT2D eigenvalue weighted by molar-refractivity contribution is 0.243. The van der Waals surface area contributed by atoms with Crippen LogP contribution in [0.4, 0.5) is 10.5 Å². The predicted octanol–water partition coefficient (Wildman–Crippen LogP) is 1.97. The summed E-state index contributed by atoms with van der Waals surface area (Å²) in [7, 11) is 1.58. The fraction of sp³-hybridized carbons (Fsp3) is 0.294. The number of nitrogens with one attached hydrogen (secondary N) is 2. The molecule has 8 heteroatoms. The molecule has 1 unspecified atom stereocenters. The van der Waals surface area contributed by atoms with Crippen LogP contribution in [0.15, 0.2) is 36.8 Å². The smallest absolute Gasteiger partial charge is 0.319 e. The minimum atomic E-state index is -0.239. The molecule has 0 bridgehead atoms. The molecule has 25 heavy (non-hydrogen) atoms. The topological polar surface area (TPSA) is 94.0 Å². The van der Waals surface area contributed by atoms with Crippen LogP contribution in [0.2, 0.25) is 0 Å². The Balaban J connectivity index is 1.49. The van der Waals surface area contributed by atoms with Crippen LogP contribution in [0.1, 0.15) is 12.2 Å². The van der Waals surface area contributed by atoms with E-state index in [1.54, 1.807) is 19.6 Å². The molecule has 0 saturated carbocycles. The van der Waals surface area contributed by atoms with Crippen LogP contribution in [0.5, 0.6) is 5.88 Å². The number of urea groups is 1. The molecule has 8 nitrogen and oxygen atoms in total. The van der Waals surface area contributed by atoms with Gasteiger partial charge in [0.25, 0.3) is 0 Å². The fourth-order valence-electron chi connectivity index (χ4n) is 3.15. The number of carbonyl (C=O) groups is 1. The highest BCUT2D eigenvalue weighted by molar-refractivity contribution is 6.03. The Morgan fingerprint density at radius 1 is 1.28 bits per heavy atom. The first kappa shape index (κ1) is 15.4. The number of hydrogen-bond acceptors (Lipinski definition) is 5. The summed E-state index contributed by atoms with van der Waals surface area (Å²) in [6, 6.07) is 7.28. The minimum absolute atomic E-state index is 0.0281. The van der Waals surface area contributed by atoms with Crippen molar-refractivity contribution in [3.05, 3.63) is 42.6 Å². The molecule has 4 rings (SSSR count). The molecule has 3 aromatic rings. The number of amides is 2. The van der Waals surface area contributed by atoms with Crippen molar-refractivity contribution in [2.24, 2.45) is 0 Å². The molecular weight excluding hydrogens is 320 g/mol. The Kier molecular flexibility index (Phi) is 3.93. The molecular formula is C17H18N6O2. The Bertz CT molecular complexity index is 922. The standard InChI is InChI=1S/C17H18N6O2/c1-25-16-13-3-2-4-14(12(13)7-8-18-16)22-17(24)21-11-5-6-15-19-10-20-23(15)9-11/h2-4,7-8,10-11H,5-6,9H2,1H3,(H2,21,22,24). The molecule has 1 aliphatic rings. The third-order valence-corrected chi connectivity index (χ3v) is 4.35. The SMILES string of the molecule is COc1nccc2c(NC(=O)NC3CCc4ncnn4C3)cccc12. The van der Waals surface area contributed by atoms with Gasteiger partial charge in [-0.3, -0.25) is 0 Å². The lowest BCUT2D eigenvalue weighted by atomic mass is 10.1. The zero-order valence-corrected chi connectivity index (χ0v) is 13.8. The van der Waals surface area contributed by atoms with Crippen LogP contribution in [-0.4, -0.2) is 38.9 Å². The minimum Gasteiger partial charge on any atom is -0.481 e. The fourth-order valence-corrected chi connectivity index (χ4v) is 3.15. The summed E-state index contributed by atoms with van der Waals surface area (Å²) in [4.78, 5) is 20.8. The van der Waals surface area contributed by atoms with Crippen molar-refractivity contribution in [3.8, 4) is 5.88 Å². The maximum absolute atomic E-state index is 12.4. The van der Waals surface area contributed by atoms with Gasteiger partial charge in [-0.25, -0.2) is 19.4 Å². The van der Waals surface area contributed by atoms with Gasteiger partial charge in [0.05, 0.1) is 25.4 Å². The molecule has 1 atom stereocenters. The molecule has 2 aromatic heterocycles. The molecule has 3 heterocycles. The summed E-state index contributed by atoms with van der Waals surface area (Å²) in [6.07, 6.45) is 4.87. The van der Waals surface area contributed by atoms with Gasteiger partial charge in [0.15, 0.2) is 0 Å². The van der Waals surface area contributed by atoms with Crippen LogP contribution in [0.3, 0.4) is 0 Å². The monoisotopic (exact) mass is 338 g/mol. The van der Waals surface area contributed by atoms with E-state index in [2.05, 4.69) is 25.7 Å². The second-order valence-corrected chi connectivity index (χ2v) is 5.91. The zero-order valence-electron chi connectivity index (χ0n) is 13.8. The first-order valence-corrected chi connectivity index (χ1v) is 8.10. The number of benzene rings is 1. The molecule has 2 N–H and O–H groups in total. The normalized spacial score (nSPS) is 16.3. The average molecular weight is 338 g/mol. The first-order valence-electron chi connectivity index (χ1n) is 8.10. The number of rotatable bonds is 3. The van der Waals surface area contributed by atoms with E-state index in [1.807, 2.05) is 28.9 Å².